The molecule has 1 saturated heterocycles. The van der Waals surface area contributed by atoms with Gasteiger partial charge in [0, 0.05) is 18.6 Å². The van der Waals surface area contributed by atoms with E-state index < -0.39 is 5.79 Å². The third-order valence-electron chi connectivity index (χ3n) is 6.85. The van der Waals surface area contributed by atoms with Gasteiger partial charge in [-0.1, -0.05) is 25.0 Å². The van der Waals surface area contributed by atoms with E-state index in [-0.39, 0.29) is 11.4 Å². The highest BCUT2D eigenvalue weighted by Crippen LogP contribution is 2.72. The molecule has 4 fully saturated rings. The van der Waals surface area contributed by atoms with Gasteiger partial charge in [0.15, 0.2) is 5.60 Å². The quantitative estimate of drug-likeness (QED) is 0.851. The lowest BCUT2D eigenvalue weighted by Crippen LogP contribution is -2.72. The fourth-order valence-electron chi connectivity index (χ4n) is 5.91. The van der Waals surface area contributed by atoms with Crippen LogP contribution in [0.25, 0.3) is 0 Å². The molecule has 1 aromatic rings. The van der Waals surface area contributed by atoms with Crippen molar-refractivity contribution < 1.29 is 19.6 Å². The maximum Gasteiger partial charge on any atom is 0.260 e. The smallest absolute Gasteiger partial charge is 0.260 e. The third kappa shape index (κ3) is 1.31. The molecular formula is C18H22O4. The first-order valence-electron chi connectivity index (χ1n) is 8.43. The maximum absolute atomic E-state index is 9.88. The zero-order valence-corrected chi connectivity index (χ0v) is 12.8. The summed E-state index contributed by atoms with van der Waals surface area (Å²) in [6, 6.07) is 7.24. The van der Waals surface area contributed by atoms with Crippen LogP contribution in [-0.4, -0.2) is 17.8 Å². The second-order valence-corrected chi connectivity index (χ2v) is 7.46. The molecule has 22 heavy (non-hydrogen) atoms. The van der Waals surface area contributed by atoms with Crippen molar-refractivity contribution in [2.45, 2.75) is 43.5 Å². The Labute approximate surface area is 130 Å². The lowest BCUT2D eigenvalue weighted by Gasteiger charge is -2.62. The molecule has 3 saturated carbocycles. The van der Waals surface area contributed by atoms with Crippen LogP contribution in [0, 0.1) is 23.7 Å². The second kappa shape index (κ2) is 4.25. The molecule has 1 aliphatic heterocycles. The van der Waals surface area contributed by atoms with Crippen LogP contribution in [-0.2, 0) is 20.3 Å². The van der Waals surface area contributed by atoms with Gasteiger partial charge in [-0.15, -0.1) is 0 Å². The van der Waals surface area contributed by atoms with Gasteiger partial charge >= 0.3 is 0 Å². The molecule has 4 aliphatic rings. The normalized spacial score (nSPS) is 48.6. The summed E-state index contributed by atoms with van der Waals surface area (Å²) in [5.74, 6) is 2.03. The van der Waals surface area contributed by atoms with Crippen molar-refractivity contribution in [3.8, 4) is 5.75 Å². The third-order valence-corrected chi connectivity index (χ3v) is 6.85. The topological polar surface area (TPSA) is 47.9 Å². The van der Waals surface area contributed by atoms with Crippen molar-refractivity contribution in [1.82, 2.24) is 0 Å². The summed E-state index contributed by atoms with van der Waals surface area (Å²) in [7, 11) is 1.70. The minimum Gasteiger partial charge on any atom is -0.508 e. The van der Waals surface area contributed by atoms with Gasteiger partial charge in [0.1, 0.15) is 5.75 Å². The van der Waals surface area contributed by atoms with E-state index in [4.69, 9.17) is 14.5 Å². The predicted octanol–water partition coefficient (Wildman–Crippen LogP) is 3.35. The van der Waals surface area contributed by atoms with Crippen LogP contribution in [0.2, 0.25) is 0 Å². The molecular weight excluding hydrogens is 280 g/mol. The molecule has 1 spiro atoms. The SMILES string of the molecule is COC1(c2cccc(O)c2)OOC12C1CCCC3CC2C3C1. The summed E-state index contributed by atoms with van der Waals surface area (Å²) in [5, 5.41) is 9.88. The van der Waals surface area contributed by atoms with Crippen molar-refractivity contribution >= 4 is 0 Å². The van der Waals surface area contributed by atoms with Crippen LogP contribution < -0.4 is 0 Å². The Hall–Kier alpha value is -1.10. The molecule has 6 unspecified atom stereocenters. The van der Waals surface area contributed by atoms with Crippen LogP contribution in [0.1, 0.15) is 37.7 Å². The lowest BCUT2D eigenvalue weighted by molar-refractivity contribution is -0.636. The summed E-state index contributed by atoms with van der Waals surface area (Å²) < 4.78 is 5.94. The predicted molar refractivity (Wildman–Crippen MR) is 78.7 cm³/mol. The Bertz CT molecular complexity index is 613. The highest BCUT2D eigenvalue weighted by atomic mass is 17.3. The van der Waals surface area contributed by atoms with Crippen molar-refractivity contribution in [1.29, 1.82) is 0 Å². The highest BCUT2D eigenvalue weighted by Gasteiger charge is 2.79. The summed E-state index contributed by atoms with van der Waals surface area (Å²) in [6.45, 7) is 0. The molecule has 3 aliphatic carbocycles. The van der Waals surface area contributed by atoms with Crippen LogP contribution in [0.3, 0.4) is 0 Å². The molecule has 118 valence electrons. The van der Waals surface area contributed by atoms with Gasteiger partial charge in [0.2, 0.25) is 0 Å². The Morgan fingerprint density at radius 2 is 2.14 bits per heavy atom. The standard InChI is InChI=1S/C18H22O4/c1-20-18(13-6-3-7-14(19)9-13)17(21-22-18)12-5-2-4-11-8-16(17)15(11)10-12/h3,6-7,9,11-12,15-16,19H,2,4-5,8,10H2,1H3. The number of benzene rings is 1. The molecule has 0 aromatic heterocycles. The summed E-state index contributed by atoms with van der Waals surface area (Å²) >= 11 is 0. The molecule has 4 heteroatoms. The van der Waals surface area contributed by atoms with Gasteiger partial charge in [-0.2, -0.15) is 4.89 Å². The van der Waals surface area contributed by atoms with E-state index in [0.29, 0.717) is 11.8 Å². The molecule has 6 atom stereocenters. The number of phenolic OH excluding ortho intramolecular Hbond substituents is 1. The number of fused-ring (bicyclic) bond motifs is 3. The Kier molecular flexibility index (Phi) is 2.58. The average molecular weight is 302 g/mol. The van der Waals surface area contributed by atoms with Crippen molar-refractivity contribution in [3.05, 3.63) is 29.8 Å². The molecule has 1 heterocycles. The largest absolute Gasteiger partial charge is 0.508 e. The minimum atomic E-state index is -0.863. The van der Waals surface area contributed by atoms with E-state index in [1.54, 1.807) is 19.2 Å². The van der Waals surface area contributed by atoms with E-state index in [0.717, 1.165) is 17.4 Å². The summed E-state index contributed by atoms with van der Waals surface area (Å²) in [5.41, 5.74) is 0.507. The molecule has 1 N–H and O–H groups in total. The maximum atomic E-state index is 9.88. The number of rotatable bonds is 2. The van der Waals surface area contributed by atoms with E-state index in [9.17, 15) is 5.11 Å². The minimum absolute atomic E-state index is 0.240. The van der Waals surface area contributed by atoms with Gasteiger partial charge in [-0.05, 0) is 49.1 Å². The monoisotopic (exact) mass is 302 g/mol. The van der Waals surface area contributed by atoms with Gasteiger partial charge in [-0.3, -0.25) is 0 Å². The summed E-state index contributed by atoms with van der Waals surface area (Å²) in [6.07, 6.45) is 6.32. The molecule has 0 amide bonds. The molecule has 1 aromatic carbocycles. The number of phenols is 1. The number of ether oxygens (including phenoxy) is 1. The first-order valence-corrected chi connectivity index (χ1v) is 8.43. The lowest BCUT2D eigenvalue weighted by atomic mass is 9.57. The fraction of sp³-hybridized carbons (Fsp3) is 0.667. The highest BCUT2D eigenvalue weighted by molar-refractivity contribution is 5.36. The van der Waals surface area contributed by atoms with E-state index in [1.165, 1.54) is 32.1 Å². The van der Waals surface area contributed by atoms with Crippen molar-refractivity contribution in [2.24, 2.45) is 23.7 Å². The Morgan fingerprint density at radius 1 is 1.23 bits per heavy atom. The average Bonchev–Trinajstić information content (AvgIpc) is 2.60. The number of methoxy groups -OCH3 is 1. The number of hydrogen-bond donors (Lipinski definition) is 1. The van der Waals surface area contributed by atoms with Gasteiger partial charge in [-0.25, -0.2) is 4.89 Å². The first kappa shape index (κ1) is 13.3. The van der Waals surface area contributed by atoms with Crippen LogP contribution in [0.5, 0.6) is 5.75 Å². The number of aromatic hydroxyl groups is 1. The molecule has 2 bridgehead atoms. The van der Waals surface area contributed by atoms with E-state index >= 15 is 0 Å². The zero-order chi connectivity index (χ0) is 14.9. The Morgan fingerprint density at radius 3 is 2.86 bits per heavy atom. The van der Waals surface area contributed by atoms with Gasteiger partial charge in [0.05, 0.1) is 0 Å². The van der Waals surface area contributed by atoms with Gasteiger partial charge in [0.25, 0.3) is 5.79 Å². The van der Waals surface area contributed by atoms with Gasteiger partial charge < -0.3 is 9.84 Å². The summed E-state index contributed by atoms with van der Waals surface area (Å²) in [4.78, 5) is 11.6. The van der Waals surface area contributed by atoms with Crippen molar-refractivity contribution in [3.63, 3.8) is 0 Å². The molecule has 5 rings (SSSR count). The first-order chi connectivity index (χ1) is 10.7. The van der Waals surface area contributed by atoms with E-state index in [2.05, 4.69) is 0 Å². The molecule has 0 radical (unpaired) electrons. The van der Waals surface area contributed by atoms with Crippen LogP contribution in [0.4, 0.5) is 0 Å². The fourth-order valence-corrected chi connectivity index (χ4v) is 5.91. The zero-order valence-electron chi connectivity index (χ0n) is 12.8. The van der Waals surface area contributed by atoms with E-state index in [1.807, 2.05) is 12.1 Å². The van der Waals surface area contributed by atoms with Crippen LogP contribution >= 0.6 is 0 Å². The second-order valence-electron chi connectivity index (χ2n) is 7.46. The Balaban J connectivity index is 1.63. The number of hydrogen-bond acceptors (Lipinski definition) is 4. The van der Waals surface area contributed by atoms with Crippen LogP contribution in [0.15, 0.2) is 24.3 Å². The van der Waals surface area contributed by atoms with Crippen molar-refractivity contribution in [2.75, 3.05) is 7.11 Å². The molecule has 4 nitrogen and oxygen atoms in total.